The minimum absolute atomic E-state index is 0.136. The van der Waals surface area contributed by atoms with E-state index in [0.29, 0.717) is 12.3 Å². The van der Waals surface area contributed by atoms with Crippen molar-refractivity contribution in [2.45, 2.75) is 45.8 Å². The van der Waals surface area contributed by atoms with Crippen LogP contribution in [-0.4, -0.2) is 29.4 Å². The number of hydrogen-bond acceptors (Lipinski definition) is 3. The topological polar surface area (TPSA) is 42.4 Å². The number of aliphatic hydroxyl groups excluding tert-OH is 1. The Morgan fingerprint density at radius 1 is 1.35 bits per heavy atom. The van der Waals surface area contributed by atoms with Gasteiger partial charge in [0.25, 0.3) is 0 Å². The molecule has 3 heteroatoms. The lowest BCUT2D eigenvalue weighted by molar-refractivity contribution is -0.0371. The van der Waals surface area contributed by atoms with Crippen LogP contribution in [0.5, 0.6) is 0 Å². The molecule has 1 heterocycles. The number of aromatic nitrogens is 1. The van der Waals surface area contributed by atoms with E-state index in [9.17, 15) is 5.11 Å². The number of rotatable bonds is 6. The van der Waals surface area contributed by atoms with Crippen molar-refractivity contribution in [3.63, 3.8) is 0 Å². The van der Waals surface area contributed by atoms with E-state index in [1.807, 2.05) is 26.1 Å². The summed E-state index contributed by atoms with van der Waals surface area (Å²) in [5.74, 6) is 0.296. The smallest absolute Gasteiger partial charge is 0.0859 e. The molecule has 0 fully saturated rings. The van der Waals surface area contributed by atoms with Crippen molar-refractivity contribution in [1.29, 1.82) is 0 Å². The predicted molar refractivity (Wildman–Crippen MR) is 69.0 cm³/mol. The van der Waals surface area contributed by atoms with Crippen molar-refractivity contribution in [1.82, 2.24) is 4.98 Å². The average molecular weight is 237 g/mol. The molecule has 0 spiro atoms. The molecule has 2 unspecified atom stereocenters. The molecular formula is C14H23NO2. The molecule has 0 aliphatic carbocycles. The molecule has 0 saturated carbocycles. The van der Waals surface area contributed by atoms with Gasteiger partial charge in [0.2, 0.25) is 0 Å². The van der Waals surface area contributed by atoms with Crippen LogP contribution in [-0.2, 0) is 17.6 Å². The van der Waals surface area contributed by atoms with Crippen LogP contribution in [0, 0.1) is 5.92 Å². The van der Waals surface area contributed by atoms with Crippen molar-refractivity contribution < 1.29 is 9.84 Å². The lowest BCUT2D eigenvalue weighted by Gasteiger charge is -2.24. The molecule has 1 aromatic heterocycles. The van der Waals surface area contributed by atoms with Crippen molar-refractivity contribution in [3.05, 3.63) is 29.6 Å². The molecule has 0 bridgehead atoms. The zero-order chi connectivity index (χ0) is 12.8. The maximum Gasteiger partial charge on any atom is 0.0859 e. The van der Waals surface area contributed by atoms with Gasteiger partial charge in [-0.25, -0.2) is 0 Å². The summed E-state index contributed by atoms with van der Waals surface area (Å²) in [4.78, 5) is 4.35. The molecule has 96 valence electrons. The molecule has 1 rings (SSSR count). The highest BCUT2D eigenvalue weighted by Gasteiger charge is 2.22. The maximum atomic E-state index is 10.1. The summed E-state index contributed by atoms with van der Waals surface area (Å²) >= 11 is 0. The Kier molecular flexibility index (Phi) is 5.59. The first-order valence-corrected chi connectivity index (χ1v) is 6.23. The minimum atomic E-state index is -0.500. The van der Waals surface area contributed by atoms with Gasteiger partial charge in [-0.3, -0.25) is 4.98 Å². The van der Waals surface area contributed by atoms with Gasteiger partial charge in [0.15, 0.2) is 0 Å². The third kappa shape index (κ3) is 4.10. The fourth-order valence-electron chi connectivity index (χ4n) is 1.99. The monoisotopic (exact) mass is 237 g/mol. The van der Waals surface area contributed by atoms with E-state index in [0.717, 1.165) is 12.1 Å². The first-order chi connectivity index (χ1) is 8.08. The van der Waals surface area contributed by atoms with E-state index < -0.39 is 6.10 Å². The van der Waals surface area contributed by atoms with Gasteiger partial charge in [-0.1, -0.05) is 26.8 Å². The van der Waals surface area contributed by atoms with Crippen molar-refractivity contribution >= 4 is 0 Å². The van der Waals surface area contributed by atoms with E-state index in [2.05, 4.69) is 18.0 Å². The van der Waals surface area contributed by atoms with Gasteiger partial charge < -0.3 is 9.84 Å². The highest BCUT2D eigenvalue weighted by molar-refractivity contribution is 5.14. The van der Waals surface area contributed by atoms with Gasteiger partial charge in [0.1, 0.15) is 0 Å². The van der Waals surface area contributed by atoms with E-state index in [1.54, 1.807) is 7.11 Å². The van der Waals surface area contributed by atoms with Crippen molar-refractivity contribution in [2.24, 2.45) is 5.92 Å². The van der Waals surface area contributed by atoms with Gasteiger partial charge in [-0.15, -0.1) is 0 Å². The van der Waals surface area contributed by atoms with Gasteiger partial charge in [0.05, 0.1) is 12.2 Å². The molecule has 0 aliphatic rings. The summed E-state index contributed by atoms with van der Waals surface area (Å²) in [7, 11) is 1.64. The summed E-state index contributed by atoms with van der Waals surface area (Å²) in [6.07, 6.45) is 2.77. The van der Waals surface area contributed by atoms with Crippen LogP contribution in [0.1, 0.15) is 32.0 Å². The second-order valence-corrected chi connectivity index (χ2v) is 4.73. The quantitative estimate of drug-likeness (QED) is 0.825. The van der Waals surface area contributed by atoms with Crippen LogP contribution < -0.4 is 0 Å². The number of methoxy groups -OCH3 is 1. The molecule has 0 radical (unpaired) electrons. The Morgan fingerprint density at radius 3 is 2.47 bits per heavy atom. The van der Waals surface area contributed by atoms with E-state index in [1.165, 1.54) is 5.56 Å². The number of nitrogens with zero attached hydrogens (tertiary/aromatic N) is 1. The van der Waals surface area contributed by atoms with Crippen LogP contribution in [0.4, 0.5) is 0 Å². The average Bonchev–Trinajstić information content (AvgIpc) is 2.30. The summed E-state index contributed by atoms with van der Waals surface area (Å²) in [6, 6.07) is 4.04. The van der Waals surface area contributed by atoms with Crippen LogP contribution in [0.15, 0.2) is 18.3 Å². The highest BCUT2D eigenvalue weighted by atomic mass is 16.5. The zero-order valence-corrected chi connectivity index (χ0v) is 11.2. The molecule has 1 N–H and O–H groups in total. The zero-order valence-electron chi connectivity index (χ0n) is 11.2. The standard InChI is InChI=1S/C14H23NO2/c1-5-11-6-7-12(15-9-11)8-13(16)14(17-4)10(2)3/h6-7,9-10,13-14,16H,5,8H2,1-4H3. The Hall–Kier alpha value is -0.930. The molecule has 0 aromatic carbocycles. The normalized spacial score (nSPS) is 14.9. The lowest BCUT2D eigenvalue weighted by Crippen LogP contribution is -2.34. The van der Waals surface area contributed by atoms with Gasteiger partial charge in [-0.05, 0) is 24.0 Å². The molecule has 17 heavy (non-hydrogen) atoms. The Morgan fingerprint density at radius 2 is 2.06 bits per heavy atom. The molecule has 0 aliphatic heterocycles. The number of hydrogen-bond donors (Lipinski definition) is 1. The van der Waals surface area contributed by atoms with Crippen LogP contribution in [0.2, 0.25) is 0 Å². The molecular weight excluding hydrogens is 214 g/mol. The van der Waals surface area contributed by atoms with Crippen molar-refractivity contribution in [2.75, 3.05) is 7.11 Å². The Bertz CT molecular complexity index is 321. The molecule has 0 amide bonds. The fraction of sp³-hybridized carbons (Fsp3) is 0.643. The van der Waals surface area contributed by atoms with Gasteiger partial charge in [-0.2, -0.15) is 0 Å². The second-order valence-electron chi connectivity index (χ2n) is 4.73. The predicted octanol–water partition coefficient (Wildman–Crippen LogP) is 2.22. The number of aliphatic hydroxyl groups is 1. The van der Waals surface area contributed by atoms with Crippen LogP contribution in [0.25, 0.3) is 0 Å². The van der Waals surface area contributed by atoms with E-state index in [4.69, 9.17) is 4.74 Å². The maximum absolute atomic E-state index is 10.1. The summed E-state index contributed by atoms with van der Waals surface area (Å²) < 4.78 is 5.31. The van der Waals surface area contributed by atoms with Crippen LogP contribution >= 0.6 is 0 Å². The number of pyridine rings is 1. The minimum Gasteiger partial charge on any atom is -0.390 e. The SMILES string of the molecule is CCc1ccc(CC(O)C(OC)C(C)C)nc1. The molecule has 1 aromatic rings. The first kappa shape index (κ1) is 14.1. The van der Waals surface area contributed by atoms with Crippen LogP contribution in [0.3, 0.4) is 0 Å². The largest absolute Gasteiger partial charge is 0.390 e. The van der Waals surface area contributed by atoms with Gasteiger partial charge >= 0.3 is 0 Å². The second kappa shape index (κ2) is 6.72. The third-order valence-corrected chi connectivity index (χ3v) is 3.02. The molecule has 2 atom stereocenters. The lowest BCUT2D eigenvalue weighted by atomic mass is 9.98. The summed E-state index contributed by atoms with van der Waals surface area (Å²) in [5, 5.41) is 10.1. The van der Waals surface area contributed by atoms with E-state index >= 15 is 0 Å². The highest BCUT2D eigenvalue weighted by Crippen LogP contribution is 2.14. The molecule has 3 nitrogen and oxygen atoms in total. The Labute approximate surface area is 104 Å². The number of ether oxygens (including phenoxy) is 1. The fourth-order valence-corrected chi connectivity index (χ4v) is 1.99. The Balaban J connectivity index is 2.63. The summed E-state index contributed by atoms with van der Waals surface area (Å²) in [5.41, 5.74) is 2.13. The summed E-state index contributed by atoms with van der Waals surface area (Å²) in [6.45, 7) is 6.20. The van der Waals surface area contributed by atoms with Crippen molar-refractivity contribution in [3.8, 4) is 0 Å². The van der Waals surface area contributed by atoms with E-state index in [-0.39, 0.29) is 6.10 Å². The molecule has 0 saturated heterocycles. The first-order valence-electron chi connectivity index (χ1n) is 6.23. The van der Waals surface area contributed by atoms with Gasteiger partial charge in [0, 0.05) is 25.4 Å². The third-order valence-electron chi connectivity index (χ3n) is 3.02. The number of aryl methyl sites for hydroxylation is 1.